The molecule has 0 atom stereocenters. The Bertz CT molecular complexity index is 1070. The van der Waals surface area contributed by atoms with Gasteiger partial charge in [0.25, 0.3) is 5.91 Å². The number of hydrogen-bond acceptors (Lipinski definition) is 5. The molecule has 5 nitrogen and oxygen atoms in total. The Morgan fingerprint density at radius 1 is 1.42 bits per heavy atom. The minimum atomic E-state index is -0.529. The van der Waals surface area contributed by atoms with Crippen molar-refractivity contribution in [3.8, 4) is 11.8 Å². The summed E-state index contributed by atoms with van der Waals surface area (Å²) in [6.07, 6.45) is 3.14. The van der Waals surface area contributed by atoms with E-state index in [4.69, 9.17) is 16.3 Å². The van der Waals surface area contributed by atoms with E-state index >= 15 is 0 Å². The van der Waals surface area contributed by atoms with Crippen LogP contribution in [0.5, 0.6) is 5.75 Å². The van der Waals surface area contributed by atoms with Crippen LogP contribution in [-0.4, -0.2) is 18.0 Å². The Balaban J connectivity index is 1.90. The number of carbonyl (C=O) groups excluding carboxylic acids is 1. The molecule has 0 unspecified atom stereocenters. The number of nitriles is 1. The van der Waals surface area contributed by atoms with Crippen LogP contribution in [0.4, 0.5) is 5.69 Å². The topological polar surface area (TPSA) is 75.0 Å². The van der Waals surface area contributed by atoms with Gasteiger partial charge in [-0.2, -0.15) is 5.26 Å². The number of aromatic nitrogens is 1. The molecule has 0 radical (unpaired) electrons. The minimum Gasteiger partial charge on any atom is -0.495 e. The number of hydrogen-bond donors (Lipinski definition) is 1. The Labute approximate surface area is 159 Å². The van der Waals surface area contributed by atoms with Crippen LogP contribution >= 0.6 is 22.9 Å². The van der Waals surface area contributed by atoms with E-state index in [1.54, 1.807) is 29.7 Å². The molecule has 0 saturated carbocycles. The van der Waals surface area contributed by atoms with E-state index in [9.17, 15) is 10.1 Å². The van der Waals surface area contributed by atoms with Gasteiger partial charge >= 0.3 is 0 Å². The Hall–Kier alpha value is -2.88. The van der Waals surface area contributed by atoms with Gasteiger partial charge in [-0.3, -0.25) is 9.78 Å². The molecule has 26 heavy (non-hydrogen) atoms. The number of nitrogens with zero attached hydrogens (tertiary/aromatic N) is 2. The highest BCUT2D eigenvalue weighted by molar-refractivity contribution is 7.17. The molecule has 0 bridgehead atoms. The summed E-state index contributed by atoms with van der Waals surface area (Å²) in [7, 11) is 1.49. The van der Waals surface area contributed by atoms with Gasteiger partial charge in [-0.25, -0.2) is 0 Å². The van der Waals surface area contributed by atoms with Gasteiger partial charge in [0.1, 0.15) is 17.4 Å². The molecule has 0 saturated heterocycles. The number of fused-ring (bicyclic) bond motifs is 1. The van der Waals surface area contributed by atoms with Crippen LogP contribution in [0.3, 0.4) is 0 Å². The van der Waals surface area contributed by atoms with Gasteiger partial charge in [0, 0.05) is 17.3 Å². The van der Waals surface area contributed by atoms with Gasteiger partial charge < -0.3 is 10.1 Å². The lowest BCUT2D eigenvalue weighted by Gasteiger charge is -2.12. The monoisotopic (exact) mass is 383 g/mol. The zero-order chi connectivity index (χ0) is 18.7. The minimum absolute atomic E-state index is 0.0302. The van der Waals surface area contributed by atoms with Gasteiger partial charge in [0.15, 0.2) is 0 Å². The van der Waals surface area contributed by atoms with E-state index in [2.05, 4.69) is 10.3 Å². The summed E-state index contributed by atoms with van der Waals surface area (Å²) in [6, 6.07) is 9.07. The first-order valence-corrected chi connectivity index (χ1v) is 8.88. The summed E-state index contributed by atoms with van der Waals surface area (Å²) < 4.78 is 6.23. The van der Waals surface area contributed by atoms with E-state index < -0.39 is 5.91 Å². The molecule has 7 heteroatoms. The molecule has 0 aliphatic rings. The fraction of sp³-hybridized carbons (Fsp3) is 0.105. The number of rotatable bonds is 4. The second kappa shape index (κ2) is 7.56. The van der Waals surface area contributed by atoms with Crippen molar-refractivity contribution in [1.29, 1.82) is 5.26 Å². The largest absolute Gasteiger partial charge is 0.495 e. The molecular formula is C19H14ClN3O2S. The average molecular weight is 384 g/mol. The van der Waals surface area contributed by atoms with Crippen molar-refractivity contribution < 1.29 is 9.53 Å². The lowest BCUT2D eigenvalue weighted by atomic mass is 10.1. The average Bonchev–Trinajstić information content (AvgIpc) is 3.10. The van der Waals surface area contributed by atoms with Crippen molar-refractivity contribution in [2.75, 3.05) is 12.4 Å². The molecule has 0 spiro atoms. The maximum atomic E-state index is 12.5. The standard InChI is InChI=1S/C19H14ClN3O2S/c1-11-5-16(17(25-2)8-14(11)20)23-19(24)13(9-21)6-12-7-18-15(22-10-12)3-4-26-18/h3-8,10H,1-2H3,(H,23,24)/b13-6-. The number of carbonyl (C=O) groups is 1. The summed E-state index contributed by atoms with van der Waals surface area (Å²) in [5.41, 5.74) is 2.78. The van der Waals surface area contributed by atoms with Crippen molar-refractivity contribution >= 4 is 50.8 Å². The smallest absolute Gasteiger partial charge is 0.266 e. The molecule has 0 aliphatic heterocycles. The number of amides is 1. The number of anilines is 1. The molecule has 2 aromatic heterocycles. The maximum Gasteiger partial charge on any atom is 0.266 e. The van der Waals surface area contributed by atoms with E-state index in [1.807, 2.05) is 30.5 Å². The molecule has 3 rings (SSSR count). The van der Waals surface area contributed by atoms with Crippen LogP contribution in [0, 0.1) is 18.3 Å². The van der Waals surface area contributed by atoms with E-state index in [0.717, 1.165) is 15.8 Å². The number of nitrogens with one attached hydrogen (secondary N) is 1. The highest BCUT2D eigenvalue weighted by Crippen LogP contribution is 2.31. The van der Waals surface area contributed by atoms with Crippen molar-refractivity contribution in [3.63, 3.8) is 0 Å². The summed E-state index contributed by atoms with van der Waals surface area (Å²) in [5, 5.41) is 14.6. The van der Waals surface area contributed by atoms with Gasteiger partial charge in [-0.1, -0.05) is 11.6 Å². The van der Waals surface area contributed by atoms with Crippen molar-refractivity contribution in [3.05, 3.63) is 57.6 Å². The Kier molecular flexibility index (Phi) is 5.21. The number of pyridine rings is 1. The third-order valence-electron chi connectivity index (χ3n) is 3.73. The first-order chi connectivity index (χ1) is 12.5. The second-order valence-electron chi connectivity index (χ2n) is 5.50. The molecule has 1 amide bonds. The van der Waals surface area contributed by atoms with Crippen LogP contribution in [0.1, 0.15) is 11.1 Å². The Morgan fingerprint density at radius 2 is 2.23 bits per heavy atom. The van der Waals surface area contributed by atoms with Crippen molar-refractivity contribution in [2.45, 2.75) is 6.92 Å². The van der Waals surface area contributed by atoms with E-state index in [-0.39, 0.29) is 5.57 Å². The number of aryl methyl sites for hydroxylation is 1. The second-order valence-corrected chi connectivity index (χ2v) is 6.85. The van der Waals surface area contributed by atoms with Crippen LogP contribution in [0.15, 0.2) is 41.4 Å². The number of methoxy groups -OCH3 is 1. The van der Waals surface area contributed by atoms with Gasteiger partial charge in [-0.15, -0.1) is 11.3 Å². The Morgan fingerprint density at radius 3 is 2.96 bits per heavy atom. The molecule has 3 aromatic rings. The zero-order valence-corrected chi connectivity index (χ0v) is 15.6. The fourth-order valence-electron chi connectivity index (χ4n) is 2.38. The molecule has 1 aromatic carbocycles. The van der Waals surface area contributed by atoms with E-state index in [1.165, 1.54) is 13.2 Å². The van der Waals surface area contributed by atoms with Gasteiger partial charge in [-0.05, 0) is 47.7 Å². The number of benzene rings is 1. The quantitative estimate of drug-likeness (QED) is 0.518. The van der Waals surface area contributed by atoms with Gasteiger partial charge in [0.2, 0.25) is 0 Å². The first kappa shape index (κ1) is 17.9. The van der Waals surface area contributed by atoms with E-state index in [0.29, 0.717) is 22.0 Å². The summed E-state index contributed by atoms with van der Waals surface area (Å²) in [5.74, 6) is -0.105. The molecular weight excluding hydrogens is 370 g/mol. The zero-order valence-electron chi connectivity index (χ0n) is 14.0. The van der Waals surface area contributed by atoms with Crippen molar-refractivity contribution in [2.24, 2.45) is 0 Å². The first-order valence-electron chi connectivity index (χ1n) is 7.62. The van der Waals surface area contributed by atoms with Crippen molar-refractivity contribution in [1.82, 2.24) is 4.98 Å². The molecule has 0 fully saturated rings. The predicted molar refractivity (Wildman–Crippen MR) is 105 cm³/mol. The highest BCUT2D eigenvalue weighted by Gasteiger charge is 2.14. The number of ether oxygens (including phenoxy) is 1. The SMILES string of the molecule is COc1cc(Cl)c(C)cc1NC(=O)/C(C#N)=C\c1cnc2ccsc2c1. The van der Waals surface area contributed by atoms with Crippen LogP contribution in [-0.2, 0) is 4.79 Å². The lowest BCUT2D eigenvalue weighted by molar-refractivity contribution is -0.112. The lowest BCUT2D eigenvalue weighted by Crippen LogP contribution is -2.14. The number of halogens is 1. The van der Waals surface area contributed by atoms with Gasteiger partial charge in [0.05, 0.1) is 23.0 Å². The summed E-state index contributed by atoms with van der Waals surface area (Å²) in [4.78, 5) is 16.8. The summed E-state index contributed by atoms with van der Waals surface area (Å²) >= 11 is 7.63. The summed E-state index contributed by atoms with van der Waals surface area (Å²) in [6.45, 7) is 1.82. The van der Waals surface area contributed by atoms with Crippen LogP contribution in [0.25, 0.3) is 16.3 Å². The molecule has 2 heterocycles. The normalized spacial score (nSPS) is 11.2. The fourth-order valence-corrected chi connectivity index (χ4v) is 3.32. The molecule has 0 aliphatic carbocycles. The van der Waals surface area contributed by atoms with Crippen LogP contribution in [0.2, 0.25) is 5.02 Å². The highest BCUT2D eigenvalue weighted by atomic mass is 35.5. The number of thiophene rings is 1. The molecule has 1 N–H and O–H groups in total. The third kappa shape index (κ3) is 3.69. The predicted octanol–water partition coefficient (Wildman–Crippen LogP) is 4.81. The third-order valence-corrected chi connectivity index (χ3v) is 4.99. The molecule has 130 valence electrons. The van der Waals surface area contributed by atoms with Crippen LogP contribution < -0.4 is 10.1 Å². The maximum absolute atomic E-state index is 12.5.